The molecule has 2 N–H and O–H groups in total. The molecule has 0 aliphatic rings. The summed E-state index contributed by atoms with van der Waals surface area (Å²) in [5.41, 5.74) is 3.01. The zero-order chi connectivity index (χ0) is 13.7. The molecule has 0 atom stereocenters. The highest BCUT2D eigenvalue weighted by molar-refractivity contribution is 7.80. The number of halogens is 1. The van der Waals surface area contributed by atoms with Crippen LogP contribution in [0, 0.1) is 5.82 Å². The Hall–Kier alpha value is -2.21. The monoisotopic (exact) mass is 277 g/mol. The van der Waals surface area contributed by atoms with Gasteiger partial charge in [-0.25, -0.2) is 4.39 Å². The van der Waals surface area contributed by atoms with Crippen LogP contribution in [0.3, 0.4) is 0 Å². The maximum Gasteiger partial charge on any atom is 0.186 e. The van der Waals surface area contributed by atoms with E-state index in [9.17, 15) is 4.39 Å². The molecule has 4 nitrogen and oxygen atoms in total. The van der Waals surface area contributed by atoms with Gasteiger partial charge in [0.2, 0.25) is 0 Å². The van der Waals surface area contributed by atoms with E-state index in [-0.39, 0.29) is 5.82 Å². The first kappa shape index (κ1) is 13.2. The van der Waals surface area contributed by atoms with Crippen LogP contribution in [0.2, 0.25) is 0 Å². The van der Waals surface area contributed by atoms with Crippen molar-refractivity contribution in [3.63, 3.8) is 0 Å². The molecule has 0 saturated heterocycles. The molecule has 1 heterocycles. The fourth-order valence-electron chi connectivity index (χ4n) is 1.44. The fourth-order valence-corrected chi connectivity index (χ4v) is 1.49. The second-order valence-electron chi connectivity index (χ2n) is 3.63. The number of furan rings is 1. The standard InChI is InChI=1S/C13H12FN3OS/c1-15-13(19)17-16-8-9-6-7-12(18-9)10-4-2-3-5-11(10)14/h2-8H,1H3,(H2,15,17,19)/b16-8-. The van der Waals surface area contributed by atoms with Crippen LogP contribution in [0.25, 0.3) is 11.3 Å². The molecule has 0 fully saturated rings. The van der Waals surface area contributed by atoms with Crippen molar-refractivity contribution < 1.29 is 8.81 Å². The van der Waals surface area contributed by atoms with Gasteiger partial charge in [-0.2, -0.15) is 5.10 Å². The third-order valence-corrected chi connectivity index (χ3v) is 2.65. The summed E-state index contributed by atoms with van der Waals surface area (Å²) < 4.78 is 19.0. The zero-order valence-electron chi connectivity index (χ0n) is 10.2. The summed E-state index contributed by atoms with van der Waals surface area (Å²) >= 11 is 4.85. The van der Waals surface area contributed by atoms with E-state index in [1.165, 1.54) is 12.3 Å². The molecule has 98 valence electrons. The molecule has 0 saturated carbocycles. The number of hydrogen-bond donors (Lipinski definition) is 2. The Bertz CT molecular complexity index is 609. The van der Waals surface area contributed by atoms with E-state index in [1.54, 1.807) is 37.4 Å². The van der Waals surface area contributed by atoms with Gasteiger partial charge in [-0.05, 0) is 36.5 Å². The molecule has 19 heavy (non-hydrogen) atoms. The molecule has 0 aliphatic carbocycles. The topological polar surface area (TPSA) is 49.6 Å². The first-order valence-electron chi connectivity index (χ1n) is 5.56. The lowest BCUT2D eigenvalue weighted by Crippen LogP contribution is -2.28. The second kappa shape index (κ2) is 6.10. The molecule has 0 unspecified atom stereocenters. The summed E-state index contributed by atoms with van der Waals surface area (Å²) in [6.45, 7) is 0. The van der Waals surface area contributed by atoms with E-state index in [2.05, 4.69) is 15.8 Å². The maximum atomic E-state index is 13.6. The number of nitrogens with zero attached hydrogens (tertiary/aromatic N) is 1. The molecular formula is C13H12FN3OS. The van der Waals surface area contributed by atoms with Crippen LogP contribution >= 0.6 is 12.2 Å². The van der Waals surface area contributed by atoms with E-state index in [0.29, 0.717) is 22.2 Å². The number of nitrogens with one attached hydrogen (secondary N) is 2. The van der Waals surface area contributed by atoms with Gasteiger partial charge in [0.25, 0.3) is 0 Å². The van der Waals surface area contributed by atoms with Gasteiger partial charge in [0.15, 0.2) is 5.11 Å². The van der Waals surface area contributed by atoms with Gasteiger partial charge in [0.05, 0.1) is 11.8 Å². The highest BCUT2D eigenvalue weighted by Gasteiger charge is 2.07. The average Bonchev–Trinajstić information content (AvgIpc) is 2.87. The first-order valence-corrected chi connectivity index (χ1v) is 5.97. The van der Waals surface area contributed by atoms with Gasteiger partial charge >= 0.3 is 0 Å². The lowest BCUT2D eigenvalue weighted by molar-refractivity contribution is 0.563. The number of benzene rings is 1. The van der Waals surface area contributed by atoms with Crippen molar-refractivity contribution in [1.29, 1.82) is 0 Å². The SMILES string of the molecule is CNC(=S)N/N=C\c1ccc(-c2ccccc2F)o1. The van der Waals surface area contributed by atoms with Gasteiger partial charge in [-0.15, -0.1) is 0 Å². The molecule has 1 aromatic carbocycles. The quantitative estimate of drug-likeness (QED) is 0.514. The second-order valence-corrected chi connectivity index (χ2v) is 4.04. The summed E-state index contributed by atoms with van der Waals surface area (Å²) in [4.78, 5) is 0. The largest absolute Gasteiger partial charge is 0.455 e. The molecule has 6 heteroatoms. The van der Waals surface area contributed by atoms with E-state index in [1.807, 2.05) is 0 Å². The highest BCUT2D eigenvalue weighted by Crippen LogP contribution is 2.23. The van der Waals surface area contributed by atoms with Crippen molar-refractivity contribution in [2.75, 3.05) is 7.05 Å². The minimum absolute atomic E-state index is 0.324. The van der Waals surface area contributed by atoms with Crippen molar-refractivity contribution in [2.24, 2.45) is 5.10 Å². The fraction of sp³-hybridized carbons (Fsp3) is 0.0769. The molecule has 2 aromatic rings. The maximum absolute atomic E-state index is 13.6. The number of hydrogen-bond acceptors (Lipinski definition) is 3. The van der Waals surface area contributed by atoms with Crippen LogP contribution in [0.1, 0.15) is 5.76 Å². The molecule has 0 radical (unpaired) electrons. The van der Waals surface area contributed by atoms with Gasteiger partial charge in [-0.1, -0.05) is 12.1 Å². The molecule has 1 aromatic heterocycles. The van der Waals surface area contributed by atoms with Gasteiger partial charge in [0.1, 0.15) is 17.3 Å². The van der Waals surface area contributed by atoms with E-state index in [0.717, 1.165) is 0 Å². The van der Waals surface area contributed by atoms with Crippen LogP contribution < -0.4 is 10.7 Å². The van der Waals surface area contributed by atoms with Crippen LogP contribution in [-0.4, -0.2) is 18.4 Å². The van der Waals surface area contributed by atoms with Crippen molar-refractivity contribution >= 4 is 23.5 Å². The lowest BCUT2D eigenvalue weighted by Gasteiger charge is -1.99. The molecule has 0 amide bonds. The summed E-state index contributed by atoms with van der Waals surface area (Å²) in [7, 11) is 1.69. The van der Waals surface area contributed by atoms with E-state index < -0.39 is 0 Å². The molecule has 2 rings (SSSR count). The van der Waals surface area contributed by atoms with Gasteiger partial charge in [0, 0.05) is 7.05 Å². The molecular weight excluding hydrogens is 265 g/mol. The summed E-state index contributed by atoms with van der Waals surface area (Å²) in [6, 6.07) is 9.82. The Morgan fingerprint density at radius 3 is 2.84 bits per heavy atom. The highest BCUT2D eigenvalue weighted by atomic mass is 32.1. The van der Waals surface area contributed by atoms with Gasteiger partial charge in [-0.3, -0.25) is 5.43 Å². The average molecular weight is 277 g/mol. The number of rotatable bonds is 3. The Labute approximate surface area is 115 Å². The van der Waals surface area contributed by atoms with Crippen LogP contribution in [0.5, 0.6) is 0 Å². The predicted molar refractivity (Wildman–Crippen MR) is 76.5 cm³/mol. The molecule has 0 spiro atoms. The minimum Gasteiger partial charge on any atom is -0.455 e. The lowest BCUT2D eigenvalue weighted by atomic mass is 10.1. The van der Waals surface area contributed by atoms with Crippen LogP contribution in [-0.2, 0) is 0 Å². The number of thiocarbonyl (C=S) groups is 1. The Kier molecular flexibility index (Phi) is 4.25. The predicted octanol–water partition coefficient (Wildman–Crippen LogP) is 2.51. The summed E-state index contributed by atoms with van der Waals surface area (Å²) in [6.07, 6.45) is 1.47. The van der Waals surface area contributed by atoms with E-state index >= 15 is 0 Å². The van der Waals surface area contributed by atoms with Crippen LogP contribution in [0.4, 0.5) is 4.39 Å². The zero-order valence-corrected chi connectivity index (χ0v) is 11.0. The van der Waals surface area contributed by atoms with Crippen molar-refractivity contribution in [1.82, 2.24) is 10.7 Å². The Morgan fingerprint density at radius 1 is 1.32 bits per heavy atom. The third-order valence-electron chi connectivity index (χ3n) is 2.35. The Balaban J connectivity index is 2.12. The normalized spacial score (nSPS) is 10.6. The first-order chi connectivity index (χ1) is 9.20. The van der Waals surface area contributed by atoms with Crippen molar-refractivity contribution in [3.05, 3.63) is 48.0 Å². The number of hydrazone groups is 1. The van der Waals surface area contributed by atoms with Gasteiger partial charge < -0.3 is 9.73 Å². The van der Waals surface area contributed by atoms with Crippen molar-refractivity contribution in [2.45, 2.75) is 0 Å². The summed E-state index contributed by atoms with van der Waals surface area (Å²) in [5.74, 6) is 0.634. The van der Waals surface area contributed by atoms with Crippen molar-refractivity contribution in [3.8, 4) is 11.3 Å². The molecule has 0 bridgehead atoms. The molecule has 0 aliphatic heterocycles. The third kappa shape index (κ3) is 3.38. The summed E-state index contributed by atoms with van der Waals surface area (Å²) in [5, 5.41) is 6.99. The minimum atomic E-state index is -0.324. The Morgan fingerprint density at radius 2 is 2.11 bits per heavy atom. The smallest absolute Gasteiger partial charge is 0.186 e. The van der Waals surface area contributed by atoms with Crippen LogP contribution in [0.15, 0.2) is 45.9 Å². The van der Waals surface area contributed by atoms with E-state index in [4.69, 9.17) is 16.6 Å².